The normalized spacial score (nSPS) is 11.1. The van der Waals surface area contributed by atoms with Crippen molar-refractivity contribution in [3.8, 4) is 11.5 Å². The van der Waals surface area contributed by atoms with Gasteiger partial charge in [-0.1, -0.05) is 37.3 Å². The fourth-order valence-electron chi connectivity index (χ4n) is 3.96. The number of benzene rings is 3. The van der Waals surface area contributed by atoms with Gasteiger partial charge < -0.3 is 14.6 Å². The number of aryl methyl sites for hydroxylation is 1. The molecule has 0 aliphatic rings. The molecule has 0 saturated heterocycles. The van der Waals surface area contributed by atoms with Gasteiger partial charge in [-0.25, -0.2) is 0 Å². The Morgan fingerprint density at radius 1 is 0.941 bits per heavy atom. The molecular formula is C27H22Br2O5. The number of rotatable bonds is 8. The van der Waals surface area contributed by atoms with Crippen molar-refractivity contribution in [2.45, 2.75) is 32.6 Å². The quantitative estimate of drug-likeness (QED) is 0.219. The number of hydrogen-bond acceptors (Lipinski definition) is 5. The Hall–Kier alpha value is -2.90. The van der Waals surface area contributed by atoms with Gasteiger partial charge in [0.05, 0.1) is 14.5 Å². The van der Waals surface area contributed by atoms with Gasteiger partial charge >= 0.3 is 0 Å². The highest BCUT2D eigenvalue weighted by atomic mass is 79.9. The molecule has 5 nitrogen and oxygen atoms in total. The maximum absolute atomic E-state index is 13.5. The number of halogens is 2. The highest BCUT2D eigenvalue weighted by Crippen LogP contribution is 2.37. The molecule has 0 radical (unpaired) electrons. The molecule has 0 aliphatic carbocycles. The predicted octanol–water partition coefficient (Wildman–Crippen LogP) is 6.91. The number of Topliss-reactive ketones (excluding diaryl/α,β-unsaturated/α-hetero) is 1. The van der Waals surface area contributed by atoms with Crippen LogP contribution in [0.15, 0.2) is 68.0 Å². The van der Waals surface area contributed by atoms with Gasteiger partial charge in [-0.15, -0.1) is 0 Å². The van der Waals surface area contributed by atoms with Gasteiger partial charge in [0.2, 0.25) is 0 Å². The van der Waals surface area contributed by atoms with Crippen molar-refractivity contribution in [3.63, 3.8) is 0 Å². The first-order valence-electron chi connectivity index (χ1n) is 10.8. The number of ketones is 2. The minimum absolute atomic E-state index is 0.00448. The van der Waals surface area contributed by atoms with Gasteiger partial charge in [0.15, 0.2) is 5.78 Å². The molecule has 0 unspecified atom stereocenters. The second kappa shape index (κ2) is 10.2. The monoisotopic (exact) mass is 584 g/mol. The first-order chi connectivity index (χ1) is 16.3. The summed E-state index contributed by atoms with van der Waals surface area (Å²) in [6, 6.07) is 15.7. The molecule has 174 valence electrons. The van der Waals surface area contributed by atoms with Crippen molar-refractivity contribution in [3.05, 3.63) is 91.6 Å². The van der Waals surface area contributed by atoms with Crippen LogP contribution in [0.2, 0.25) is 0 Å². The van der Waals surface area contributed by atoms with Crippen LogP contribution in [0, 0.1) is 0 Å². The Labute approximate surface area is 213 Å². The van der Waals surface area contributed by atoms with Gasteiger partial charge in [0.1, 0.15) is 28.6 Å². The number of furan rings is 1. The number of aromatic hydroxyl groups is 2. The molecule has 0 amide bonds. The maximum Gasteiger partial charge on any atom is 0.197 e. The molecule has 7 heteroatoms. The zero-order chi connectivity index (χ0) is 24.4. The summed E-state index contributed by atoms with van der Waals surface area (Å²) in [5.41, 5.74) is 2.55. The molecule has 0 fully saturated rings. The number of carbonyl (C=O) groups is 2. The van der Waals surface area contributed by atoms with Crippen LogP contribution in [0.3, 0.4) is 0 Å². The SMILES string of the molecule is CCCc1oc2cc(CC(=O)Cc3ccccc3)c(O)cc2c1C(=O)c1cc(Br)c(O)c(Br)c1. The van der Waals surface area contributed by atoms with Crippen molar-refractivity contribution >= 4 is 54.4 Å². The third kappa shape index (κ3) is 4.95. The second-order valence-electron chi connectivity index (χ2n) is 8.12. The van der Waals surface area contributed by atoms with Crippen molar-refractivity contribution in [1.82, 2.24) is 0 Å². The average Bonchev–Trinajstić information content (AvgIpc) is 3.14. The zero-order valence-corrected chi connectivity index (χ0v) is 21.6. The van der Waals surface area contributed by atoms with E-state index in [2.05, 4.69) is 31.9 Å². The van der Waals surface area contributed by atoms with Crippen LogP contribution in [-0.4, -0.2) is 21.8 Å². The molecular weight excluding hydrogens is 564 g/mol. The molecule has 1 aromatic heterocycles. The molecule has 0 atom stereocenters. The third-order valence-corrected chi connectivity index (χ3v) is 6.79. The van der Waals surface area contributed by atoms with E-state index in [1.807, 2.05) is 37.3 Å². The number of carbonyl (C=O) groups excluding carboxylic acids is 2. The van der Waals surface area contributed by atoms with E-state index in [4.69, 9.17) is 4.42 Å². The van der Waals surface area contributed by atoms with E-state index in [0.717, 1.165) is 12.0 Å². The summed E-state index contributed by atoms with van der Waals surface area (Å²) in [4.78, 5) is 26.1. The van der Waals surface area contributed by atoms with Crippen LogP contribution in [-0.2, 0) is 24.1 Å². The first-order valence-corrected chi connectivity index (χ1v) is 12.4. The zero-order valence-electron chi connectivity index (χ0n) is 18.4. The smallest absolute Gasteiger partial charge is 0.197 e. The highest BCUT2D eigenvalue weighted by molar-refractivity contribution is 9.11. The van der Waals surface area contributed by atoms with E-state index >= 15 is 0 Å². The van der Waals surface area contributed by atoms with Crippen molar-refractivity contribution in [2.75, 3.05) is 0 Å². The highest BCUT2D eigenvalue weighted by Gasteiger charge is 2.24. The van der Waals surface area contributed by atoms with E-state index in [9.17, 15) is 19.8 Å². The molecule has 2 N–H and O–H groups in total. The number of phenolic OH excluding ortho intramolecular Hbond substituents is 2. The summed E-state index contributed by atoms with van der Waals surface area (Å²) >= 11 is 6.54. The molecule has 3 aromatic carbocycles. The average molecular weight is 586 g/mol. The minimum Gasteiger partial charge on any atom is -0.508 e. The molecule has 4 aromatic rings. The molecule has 34 heavy (non-hydrogen) atoms. The summed E-state index contributed by atoms with van der Waals surface area (Å²) in [5, 5.41) is 21.2. The summed E-state index contributed by atoms with van der Waals surface area (Å²) in [5.74, 6) is 0.159. The first kappa shape index (κ1) is 24.2. The standard InChI is InChI=1S/C27H22Br2O5/c1-2-6-23-25(26(32)17-11-20(28)27(33)21(29)12-17)19-14-22(31)16(13-24(19)34-23)10-18(30)9-15-7-4-3-5-8-15/h3-5,7-8,11-14,31,33H,2,6,9-10H2,1H3. The summed E-state index contributed by atoms with van der Waals surface area (Å²) in [6.07, 6.45) is 1.63. The lowest BCUT2D eigenvalue weighted by Gasteiger charge is -2.07. The van der Waals surface area contributed by atoms with Gasteiger partial charge in [-0.05, 0) is 68.1 Å². The third-order valence-electron chi connectivity index (χ3n) is 5.58. The van der Waals surface area contributed by atoms with E-state index in [1.54, 1.807) is 18.2 Å². The number of hydrogen-bond donors (Lipinski definition) is 2. The van der Waals surface area contributed by atoms with Crippen molar-refractivity contribution in [1.29, 1.82) is 0 Å². The van der Waals surface area contributed by atoms with Crippen molar-refractivity contribution < 1.29 is 24.2 Å². The Balaban J connectivity index is 1.72. The number of fused-ring (bicyclic) bond motifs is 1. The summed E-state index contributed by atoms with van der Waals surface area (Å²) in [7, 11) is 0. The molecule has 0 aliphatic heterocycles. The lowest BCUT2D eigenvalue weighted by molar-refractivity contribution is -0.117. The Morgan fingerprint density at radius 3 is 2.26 bits per heavy atom. The predicted molar refractivity (Wildman–Crippen MR) is 138 cm³/mol. The minimum atomic E-state index is -0.282. The maximum atomic E-state index is 13.5. The largest absolute Gasteiger partial charge is 0.508 e. The van der Waals surface area contributed by atoms with Gasteiger partial charge in [-0.2, -0.15) is 0 Å². The van der Waals surface area contributed by atoms with Crippen LogP contribution >= 0.6 is 31.9 Å². The van der Waals surface area contributed by atoms with Crippen LogP contribution in [0.25, 0.3) is 11.0 Å². The summed E-state index contributed by atoms with van der Waals surface area (Å²) < 4.78 is 6.82. The van der Waals surface area contributed by atoms with Gasteiger partial charge in [0, 0.05) is 35.8 Å². The molecule has 0 bridgehead atoms. The molecule has 4 rings (SSSR count). The van der Waals surface area contributed by atoms with Gasteiger partial charge in [0.25, 0.3) is 0 Å². The van der Waals surface area contributed by atoms with Crippen LogP contribution in [0.1, 0.15) is 46.2 Å². The Bertz CT molecular complexity index is 1370. The second-order valence-corrected chi connectivity index (χ2v) is 9.83. The van der Waals surface area contributed by atoms with E-state index in [0.29, 0.717) is 48.8 Å². The Kier molecular flexibility index (Phi) is 7.24. The van der Waals surface area contributed by atoms with E-state index < -0.39 is 0 Å². The van der Waals surface area contributed by atoms with E-state index in [-0.39, 0.29) is 35.9 Å². The lowest BCUT2D eigenvalue weighted by atomic mass is 9.96. The lowest BCUT2D eigenvalue weighted by Crippen LogP contribution is -2.07. The van der Waals surface area contributed by atoms with Crippen LogP contribution < -0.4 is 0 Å². The topological polar surface area (TPSA) is 87.7 Å². The fraction of sp³-hybridized carbons (Fsp3) is 0.185. The molecule has 0 spiro atoms. The van der Waals surface area contributed by atoms with E-state index in [1.165, 1.54) is 6.07 Å². The van der Waals surface area contributed by atoms with Crippen molar-refractivity contribution in [2.24, 2.45) is 0 Å². The van der Waals surface area contributed by atoms with Crippen LogP contribution in [0.5, 0.6) is 11.5 Å². The fourth-order valence-corrected chi connectivity index (χ4v) is 5.14. The van der Waals surface area contributed by atoms with Gasteiger partial charge in [-0.3, -0.25) is 9.59 Å². The summed E-state index contributed by atoms with van der Waals surface area (Å²) in [6.45, 7) is 1.99. The molecule has 0 saturated carbocycles. The molecule has 1 heterocycles. The Morgan fingerprint density at radius 2 is 1.62 bits per heavy atom. The van der Waals surface area contributed by atoms with Crippen LogP contribution in [0.4, 0.5) is 0 Å². The number of phenols is 2.